The number of piperidine rings is 1. The largest absolute Gasteiger partial charge is 0.343 e. The van der Waals surface area contributed by atoms with Crippen molar-refractivity contribution in [3.05, 3.63) is 53.9 Å². The number of carbonyl (C=O) groups is 1. The van der Waals surface area contributed by atoms with Crippen molar-refractivity contribution >= 4 is 26.8 Å². The minimum Gasteiger partial charge on any atom is -0.343 e. The van der Waals surface area contributed by atoms with Crippen molar-refractivity contribution in [1.82, 2.24) is 14.5 Å². The molecule has 0 unspecified atom stereocenters. The van der Waals surface area contributed by atoms with Gasteiger partial charge in [-0.05, 0) is 61.2 Å². The molecule has 34 heavy (non-hydrogen) atoms. The molecule has 0 atom stereocenters. The van der Waals surface area contributed by atoms with Gasteiger partial charge in [-0.15, -0.1) is 0 Å². The van der Waals surface area contributed by atoms with E-state index in [0.29, 0.717) is 17.0 Å². The minimum absolute atomic E-state index is 0.123. The summed E-state index contributed by atoms with van der Waals surface area (Å²) < 4.78 is 28.7. The quantitative estimate of drug-likeness (QED) is 0.557. The summed E-state index contributed by atoms with van der Waals surface area (Å²) in [5.74, 6) is 1.47. The number of sulfone groups is 1. The van der Waals surface area contributed by atoms with Gasteiger partial charge < -0.3 is 9.47 Å². The average Bonchev–Trinajstić information content (AvgIpc) is 3.17. The molecule has 7 nitrogen and oxygen atoms in total. The summed E-state index contributed by atoms with van der Waals surface area (Å²) in [4.78, 5) is 18.8. The van der Waals surface area contributed by atoms with Gasteiger partial charge >= 0.3 is 0 Å². The van der Waals surface area contributed by atoms with Crippen LogP contribution in [0.25, 0.3) is 11.0 Å². The lowest BCUT2D eigenvalue weighted by Gasteiger charge is -2.32. The van der Waals surface area contributed by atoms with Gasteiger partial charge in [0.25, 0.3) is 0 Å². The number of hydrogen-bond acceptors (Lipinski definition) is 5. The molecule has 1 aromatic heterocycles. The Morgan fingerprint density at radius 1 is 1.09 bits per heavy atom. The second kappa shape index (κ2) is 8.88. The number of fused-ring (bicyclic) bond motifs is 1. The van der Waals surface area contributed by atoms with Crippen molar-refractivity contribution in [3.8, 4) is 6.07 Å². The van der Waals surface area contributed by atoms with Gasteiger partial charge in [0, 0.05) is 32.0 Å². The standard InChI is InChI=1S/C26H30N4O3S/c1-18(31)29-13-11-20(12-14-29)17-30-24-10-9-22(15-23(24)28-25(30)26(2,3)4)34(32,33)21-7-5-19(16-27)6-8-21/h5-10,15,20H,11-14,17H2,1-4H3. The Kier molecular flexibility index (Phi) is 6.26. The van der Waals surface area contributed by atoms with Crippen molar-refractivity contribution in [2.45, 2.75) is 62.3 Å². The lowest BCUT2D eigenvalue weighted by Crippen LogP contribution is -2.38. The Bertz CT molecular complexity index is 1370. The van der Waals surface area contributed by atoms with Gasteiger partial charge in [-0.2, -0.15) is 5.26 Å². The summed E-state index contributed by atoms with van der Waals surface area (Å²) in [7, 11) is -3.73. The molecule has 1 aliphatic heterocycles. The average molecular weight is 479 g/mol. The molecule has 1 aliphatic rings. The zero-order valence-electron chi connectivity index (χ0n) is 20.1. The Balaban J connectivity index is 1.70. The molecule has 0 spiro atoms. The first kappa shape index (κ1) is 24.0. The van der Waals surface area contributed by atoms with E-state index in [1.807, 2.05) is 17.0 Å². The number of likely N-dealkylation sites (tertiary alicyclic amines) is 1. The van der Waals surface area contributed by atoms with Crippen LogP contribution in [-0.4, -0.2) is 41.9 Å². The highest BCUT2D eigenvalue weighted by atomic mass is 32.2. The molecule has 8 heteroatoms. The third kappa shape index (κ3) is 4.58. The third-order valence-electron chi connectivity index (χ3n) is 6.50. The first-order valence-corrected chi connectivity index (χ1v) is 13.0. The van der Waals surface area contributed by atoms with Crippen LogP contribution in [-0.2, 0) is 26.6 Å². The number of aromatic nitrogens is 2. The number of hydrogen-bond donors (Lipinski definition) is 0. The molecule has 0 radical (unpaired) electrons. The number of imidazole rings is 1. The maximum absolute atomic E-state index is 13.2. The van der Waals surface area contributed by atoms with Gasteiger partial charge in [-0.1, -0.05) is 20.8 Å². The molecule has 1 fully saturated rings. The van der Waals surface area contributed by atoms with E-state index in [1.54, 1.807) is 19.1 Å². The van der Waals surface area contributed by atoms with Gasteiger partial charge in [-0.25, -0.2) is 13.4 Å². The second-order valence-electron chi connectivity index (χ2n) is 10.0. The number of nitriles is 1. The van der Waals surface area contributed by atoms with E-state index in [0.717, 1.165) is 43.8 Å². The third-order valence-corrected chi connectivity index (χ3v) is 8.26. The van der Waals surface area contributed by atoms with Crippen LogP contribution in [0.2, 0.25) is 0 Å². The Morgan fingerprint density at radius 2 is 1.71 bits per heavy atom. The number of carbonyl (C=O) groups excluding carboxylic acids is 1. The fraction of sp³-hybridized carbons (Fsp3) is 0.423. The Morgan fingerprint density at radius 3 is 2.26 bits per heavy atom. The van der Waals surface area contributed by atoms with E-state index < -0.39 is 9.84 Å². The monoisotopic (exact) mass is 478 g/mol. The fourth-order valence-corrected chi connectivity index (χ4v) is 5.85. The fourth-order valence-electron chi connectivity index (χ4n) is 4.57. The van der Waals surface area contributed by atoms with Crippen LogP contribution in [0.4, 0.5) is 0 Å². The van der Waals surface area contributed by atoms with Crippen LogP contribution in [0.1, 0.15) is 51.9 Å². The molecule has 0 aliphatic carbocycles. The first-order chi connectivity index (χ1) is 16.0. The van der Waals surface area contributed by atoms with Crippen LogP contribution in [0.15, 0.2) is 52.3 Å². The Labute approximate surface area is 200 Å². The molecular weight excluding hydrogens is 448 g/mol. The van der Waals surface area contributed by atoms with E-state index in [4.69, 9.17) is 10.2 Å². The van der Waals surface area contributed by atoms with Crippen LogP contribution < -0.4 is 0 Å². The van der Waals surface area contributed by atoms with Crippen LogP contribution >= 0.6 is 0 Å². The maximum atomic E-state index is 13.2. The molecule has 2 heterocycles. The highest BCUT2D eigenvalue weighted by Crippen LogP contribution is 2.32. The zero-order valence-corrected chi connectivity index (χ0v) is 20.9. The van der Waals surface area contributed by atoms with Crippen LogP contribution in [0, 0.1) is 17.2 Å². The maximum Gasteiger partial charge on any atom is 0.219 e. The molecule has 3 aromatic rings. The van der Waals surface area contributed by atoms with Crippen molar-refractivity contribution in [1.29, 1.82) is 5.26 Å². The lowest BCUT2D eigenvalue weighted by molar-refractivity contribution is -0.130. The smallest absolute Gasteiger partial charge is 0.219 e. The van der Waals surface area contributed by atoms with Crippen LogP contribution in [0.5, 0.6) is 0 Å². The summed E-state index contributed by atoms with van der Waals surface area (Å²) in [6.07, 6.45) is 1.88. The minimum atomic E-state index is -3.73. The molecule has 0 bridgehead atoms. The summed E-state index contributed by atoms with van der Waals surface area (Å²) in [5.41, 5.74) is 1.77. The molecule has 4 rings (SSSR count). The first-order valence-electron chi connectivity index (χ1n) is 11.5. The summed E-state index contributed by atoms with van der Waals surface area (Å²) in [6.45, 7) is 10.3. The molecule has 1 amide bonds. The van der Waals surface area contributed by atoms with Gasteiger partial charge in [0.15, 0.2) is 0 Å². The van der Waals surface area contributed by atoms with Crippen LogP contribution in [0.3, 0.4) is 0 Å². The van der Waals surface area contributed by atoms with Gasteiger partial charge in [0.1, 0.15) is 5.82 Å². The van der Waals surface area contributed by atoms with Gasteiger partial charge in [0.2, 0.25) is 15.7 Å². The SMILES string of the molecule is CC(=O)N1CCC(Cn2c(C(C)(C)C)nc3cc(S(=O)(=O)c4ccc(C#N)cc4)ccc32)CC1. The number of benzene rings is 2. The lowest BCUT2D eigenvalue weighted by atomic mass is 9.93. The number of nitrogens with zero attached hydrogens (tertiary/aromatic N) is 4. The van der Waals surface area contributed by atoms with Crippen molar-refractivity contribution in [3.63, 3.8) is 0 Å². The second-order valence-corrected chi connectivity index (χ2v) is 12.0. The normalized spacial score (nSPS) is 15.4. The Hall–Kier alpha value is -3.18. The summed E-state index contributed by atoms with van der Waals surface area (Å²) in [5, 5.41) is 8.99. The number of rotatable bonds is 4. The summed E-state index contributed by atoms with van der Waals surface area (Å²) in [6, 6.07) is 13.1. The molecule has 2 aromatic carbocycles. The van der Waals surface area contributed by atoms with E-state index in [9.17, 15) is 13.2 Å². The molecule has 0 saturated carbocycles. The summed E-state index contributed by atoms with van der Waals surface area (Å²) >= 11 is 0. The molecular formula is C26H30N4O3S. The van der Waals surface area contributed by atoms with Crippen molar-refractivity contribution < 1.29 is 13.2 Å². The van der Waals surface area contributed by atoms with Gasteiger partial charge in [-0.3, -0.25) is 4.79 Å². The van der Waals surface area contributed by atoms with Crippen molar-refractivity contribution in [2.75, 3.05) is 13.1 Å². The highest BCUT2D eigenvalue weighted by molar-refractivity contribution is 7.91. The van der Waals surface area contributed by atoms with E-state index >= 15 is 0 Å². The van der Waals surface area contributed by atoms with Crippen molar-refractivity contribution in [2.24, 2.45) is 5.92 Å². The van der Waals surface area contributed by atoms with E-state index in [2.05, 4.69) is 25.3 Å². The highest BCUT2D eigenvalue weighted by Gasteiger charge is 2.28. The van der Waals surface area contributed by atoms with E-state index in [1.165, 1.54) is 24.3 Å². The van der Waals surface area contributed by atoms with Gasteiger partial charge in [0.05, 0.1) is 32.5 Å². The predicted molar refractivity (Wildman–Crippen MR) is 130 cm³/mol. The molecule has 1 saturated heterocycles. The molecule has 0 N–H and O–H groups in total. The number of amides is 1. The zero-order chi connectivity index (χ0) is 24.7. The topological polar surface area (TPSA) is 96.1 Å². The molecule has 178 valence electrons. The van der Waals surface area contributed by atoms with E-state index in [-0.39, 0.29) is 21.1 Å². The predicted octanol–water partition coefficient (Wildman–Crippen LogP) is 4.30.